The van der Waals surface area contributed by atoms with Gasteiger partial charge in [-0.25, -0.2) is 0 Å². The molecule has 0 N–H and O–H groups in total. The van der Waals surface area contributed by atoms with E-state index in [2.05, 4.69) is 6.92 Å². The third-order valence-electron chi connectivity index (χ3n) is 1.83. The minimum atomic E-state index is -1.52. The number of rotatable bonds is 4. The summed E-state index contributed by atoms with van der Waals surface area (Å²) in [5.74, 6) is -3.04. The maximum atomic E-state index is 10.3. The second-order valence-corrected chi connectivity index (χ2v) is 3.60. The molecule has 96 valence electrons. The molecule has 0 saturated heterocycles. The van der Waals surface area contributed by atoms with Crippen LogP contribution >= 0.6 is 0 Å². The van der Waals surface area contributed by atoms with Gasteiger partial charge >= 0.3 is 41.1 Å². The molecule has 0 unspecified atom stereocenters. The van der Waals surface area contributed by atoms with Crippen LogP contribution < -0.4 is 10.2 Å². The zero-order valence-electron chi connectivity index (χ0n) is 9.37. The van der Waals surface area contributed by atoms with Crippen molar-refractivity contribution in [3.8, 4) is 0 Å². The van der Waals surface area contributed by atoms with Crippen LogP contribution in [0.25, 0.3) is 0 Å². The van der Waals surface area contributed by atoms with E-state index in [1.54, 1.807) is 0 Å². The minimum Gasteiger partial charge on any atom is -0.545 e. The summed E-state index contributed by atoms with van der Waals surface area (Å²) in [4.78, 5) is 20.6. The van der Waals surface area contributed by atoms with Crippen molar-refractivity contribution in [3.05, 3.63) is 35.4 Å². The van der Waals surface area contributed by atoms with Gasteiger partial charge in [-0.2, -0.15) is 0 Å². The van der Waals surface area contributed by atoms with E-state index in [-0.39, 0.29) is 11.1 Å². The molecule has 0 radical (unpaired) electrons. The molecule has 0 aliphatic heterocycles. The summed E-state index contributed by atoms with van der Waals surface area (Å²) in [6.45, 7) is 2.14. The first-order valence-corrected chi connectivity index (χ1v) is 5.73. The van der Waals surface area contributed by atoms with Crippen LogP contribution in [0.5, 0.6) is 0 Å². The molecule has 1 aromatic carbocycles. The summed E-state index contributed by atoms with van der Waals surface area (Å²) in [6.07, 6.45) is 2.43. The Hall–Kier alpha value is -1.32. The fourth-order valence-electron chi connectivity index (χ4n) is 0.946. The molecule has 0 aliphatic carbocycles. The van der Waals surface area contributed by atoms with Crippen molar-refractivity contribution in [2.45, 2.75) is 25.1 Å². The Kier molecular flexibility index (Phi) is 8.11. The Bertz CT molecular complexity index is 342. The summed E-state index contributed by atoms with van der Waals surface area (Å²) in [7, 11) is 0. The number of carbonyl (C=O) groups excluding carboxylic acids is 2. The minimum absolute atomic E-state index is 0.363. The number of hydrogen-bond donors (Lipinski definition) is 0. The van der Waals surface area contributed by atoms with Gasteiger partial charge in [0.1, 0.15) is 0 Å². The number of hydrogen-bond acceptors (Lipinski definition) is 4. The molecule has 0 fully saturated rings. The Morgan fingerprint density at radius 3 is 1.71 bits per heavy atom. The average molecular weight is 285 g/mol. The Balaban J connectivity index is 0.000000437. The van der Waals surface area contributed by atoms with E-state index in [1.807, 2.05) is 0 Å². The van der Waals surface area contributed by atoms with Crippen LogP contribution in [0, 0.1) is 0 Å². The Morgan fingerprint density at radius 2 is 1.53 bits per heavy atom. The molecule has 5 heteroatoms. The molecule has 0 heterocycles. The first kappa shape index (κ1) is 15.7. The third-order valence-corrected chi connectivity index (χ3v) is 2.16. The van der Waals surface area contributed by atoms with E-state index in [9.17, 15) is 19.8 Å². The van der Waals surface area contributed by atoms with Gasteiger partial charge < -0.3 is 19.8 Å². The maximum absolute atomic E-state index is 10.3. The number of aromatic carboxylic acids is 2. The largest absolute Gasteiger partial charge is 0.545 e. The van der Waals surface area contributed by atoms with Crippen LogP contribution in [0.15, 0.2) is 24.3 Å². The van der Waals surface area contributed by atoms with Crippen molar-refractivity contribution >= 4 is 11.9 Å². The van der Waals surface area contributed by atoms with Gasteiger partial charge in [0.15, 0.2) is 0 Å². The van der Waals surface area contributed by atoms with Gasteiger partial charge in [-0.05, 0) is 0 Å². The van der Waals surface area contributed by atoms with E-state index < -0.39 is 11.9 Å². The number of benzene rings is 1. The second kappa shape index (κ2) is 8.79. The van der Waals surface area contributed by atoms with Crippen LogP contribution in [-0.2, 0) is 16.0 Å². The molecule has 0 aromatic heterocycles. The molecule has 0 spiro atoms. The van der Waals surface area contributed by atoms with Gasteiger partial charge in [0.2, 0.25) is 0 Å². The van der Waals surface area contributed by atoms with Crippen LogP contribution in [0.3, 0.4) is 0 Å². The van der Waals surface area contributed by atoms with Crippen molar-refractivity contribution in [3.63, 3.8) is 0 Å². The van der Waals surface area contributed by atoms with Crippen LogP contribution in [0.2, 0.25) is 5.32 Å². The van der Waals surface area contributed by atoms with E-state index in [0.29, 0.717) is 0 Å². The molecule has 0 aliphatic rings. The summed E-state index contributed by atoms with van der Waals surface area (Å²) >= 11 is 4.77. The molecule has 0 atom stereocenters. The van der Waals surface area contributed by atoms with Gasteiger partial charge in [-0.1, -0.05) is 24.3 Å². The van der Waals surface area contributed by atoms with Gasteiger partial charge in [0.05, 0.1) is 11.9 Å². The van der Waals surface area contributed by atoms with Gasteiger partial charge in [0.25, 0.3) is 0 Å². The smallest absolute Gasteiger partial charge is 0.0721 e. The standard InChI is InChI=1S/C8H6O4.C4H9.Cu/c9-7(10)5-3-1-2-4-6(5)8(11)12;1-3-4-2;/h1-4H,(H,9,10)(H,11,12);1,3-4H2,2H3;/q;;+2/p-2. The quantitative estimate of drug-likeness (QED) is 0.738. The monoisotopic (exact) mass is 284 g/mol. The fourth-order valence-corrected chi connectivity index (χ4v) is 1.28. The molecule has 1 rings (SSSR count). The normalized spacial score (nSPS) is 9.12. The van der Waals surface area contributed by atoms with Gasteiger partial charge in [-0.3, -0.25) is 0 Å². The van der Waals surface area contributed by atoms with E-state index in [0.717, 1.165) is 17.5 Å². The molecular formula is C12H13CuO4. The molecular weight excluding hydrogens is 272 g/mol. The van der Waals surface area contributed by atoms with Crippen molar-refractivity contribution in [1.29, 1.82) is 0 Å². The topological polar surface area (TPSA) is 80.3 Å². The predicted octanol–water partition coefficient (Wildman–Crippen LogP) is 0.165. The van der Waals surface area contributed by atoms with E-state index in [1.165, 1.54) is 25.0 Å². The van der Waals surface area contributed by atoms with Gasteiger partial charge in [0, 0.05) is 11.1 Å². The molecule has 17 heavy (non-hydrogen) atoms. The Labute approximate surface area is 108 Å². The number of unbranched alkanes of at least 4 members (excludes halogenated alkanes) is 1. The van der Waals surface area contributed by atoms with Crippen molar-refractivity contribution in [2.75, 3.05) is 0 Å². The van der Waals surface area contributed by atoms with Crippen molar-refractivity contribution < 1.29 is 35.8 Å². The zero-order chi connectivity index (χ0) is 13.3. The number of carbonyl (C=O) groups is 2. The summed E-state index contributed by atoms with van der Waals surface area (Å²) in [5, 5.41) is 21.6. The van der Waals surface area contributed by atoms with Crippen LogP contribution in [0.1, 0.15) is 40.5 Å². The first-order chi connectivity index (χ1) is 8.04. The summed E-state index contributed by atoms with van der Waals surface area (Å²) in [6, 6.07) is 5.14. The van der Waals surface area contributed by atoms with Crippen molar-refractivity contribution in [2.24, 2.45) is 0 Å². The zero-order valence-corrected chi connectivity index (χ0v) is 10.3. The van der Waals surface area contributed by atoms with Crippen LogP contribution in [0.4, 0.5) is 0 Å². The summed E-state index contributed by atoms with van der Waals surface area (Å²) in [5.41, 5.74) is -0.727. The van der Waals surface area contributed by atoms with Gasteiger partial charge in [-0.15, -0.1) is 0 Å². The average Bonchev–Trinajstić information content (AvgIpc) is 2.30. The fraction of sp³-hybridized carbons (Fsp3) is 0.333. The second-order valence-electron chi connectivity index (χ2n) is 3.12. The predicted molar refractivity (Wildman–Crippen MR) is 54.8 cm³/mol. The van der Waals surface area contributed by atoms with E-state index >= 15 is 0 Å². The molecule has 1 aromatic rings. The first-order valence-electron chi connectivity index (χ1n) is 5.06. The summed E-state index contributed by atoms with van der Waals surface area (Å²) < 4.78 is 0. The maximum Gasteiger partial charge on any atom is 0.0721 e. The Morgan fingerprint density at radius 1 is 1.12 bits per heavy atom. The SMILES string of the molecule is CCC[CH2][Cu+2].O=C([O-])c1ccccc1C(=O)[O-]. The number of carboxylic acids is 2. The molecule has 0 bridgehead atoms. The van der Waals surface area contributed by atoms with E-state index in [4.69, 9.17) is 16.0 Å². The molecule has 0 amide bonds. The third kappa shape index (κ3) is 6.09. The van der Waals surface area contributed by atoms with Crippen molar-refractivity contribution in [1.82, 2.24) is 0 Å². The molecule has 4 nitrogen and oxygen atoms in total. The van der Waals surface area contributed by atoms with Crippen LogP contribution in [-0.4, -0.2) is 11.9 Å². The molecule has 0 saturated carbocycles. The number of carboxylic acid groups (broad SMARTS) is 2.